The van der Waals surface area contributed by atoms with Crippen molar-refractivity contribution in [3.63, 3.8) is 0 Å². The van der Waals surface area contributed by atoms with Crippen molar-refractivity contribution in [2.24, 2.45) is 0 Å². The van der Waals surface area contributed by atoms with E-state index in [1.54, 1.807) is 7.11 Å². The van der Waals surface area contributed by atoms with Crippen LogP contribution in [0.1, 0.15) is 11.1 Å². The van der Waals surface area contributed by atoms with E-state index in [1.807, 2.05) is 30.9 Å². The summed E-state index contributed by atoms with van der Waals surface area (Å²) in [6.07, 6.45) is 0.972. The molecule has 1 atom stereocenters. The molecule has 21 heavy (non-hydrogen) atoms. The fourth-order valence-electron chi connectivity index (χ4n) is 2.28. The summed E-state index contributed by atoms with van der Waals surface area (Å²) in [6.45, 7) is 2.13. The molecule has 0 aromatic heterocycles. The van der Waals surface area contributed by atoms with Crippen molar-refractivity contribution in [2.75, 3.05) is 19.9 Å². The number of nitrogens with one attached hydrogen (secondary N) is 1. The van der Waals surface area contributed by atoms with Crippen LogP contribution in [0, 0.1) is 6.92 Å². The molecule has 0 aliphatic heterocycles. The van der Waals surface area contributed by atoms with Crippen LogP contribution in [0.4, 0.5) is 0 Å². The van der Waals surface area contributed by atoms with E-state index in [4.69, 9.17) is 4.74 Å². The molecule has 0 aliphatic carbocycles. The minimum Gasteiger partial charge on any atom is -0.496 e. The number of rotatable bonds is 7. The van der Waals surface area contributed by atoms with E-state index >= 15 is 0 Å². The lowest BCUT2D eigenvalue weighted by atomic mass is 10.1. The molecule has 2 rings (SSSR count). The zero-order chi connectivity index (χ0) is 15.1. The summed E-state index contributed by atoms with van der Waals surface area (Å²) >= 11 is 1.90. The summed E-state index contributed by atoms with van der Waals surface area (Å²) in [5, 5.41) is 3.41. The summed E-state index contributed by atoms with van der Waals surface area (Å²) in [4.78, 5) is 1.33. The van der Waals surface area contributed by atoms with Crippen molar-refractivity contribution in [1.29, 1.82) is 0 Å². The maximum absolute atomic E-state index is 5.43. The third-order valence-corrected chi connectivity index (χ3v) is 4.66. The fourth-order valence-corrected chi connectivity index (χ4v) is 3.41. The summed E-state index contributed by atoms with van der Waals surface area (Å²) in [7, 11) is 3.76. The number of methoxy groups -OCH3 is 1. The molecule has 0 bridgehead atoms. The standard InChI is InChI=1S/C18H23NOS/c1-14-7-6-9-17(11-14)21-13-16(19-2)12-15-8-4-5-10-18(15)20-3/h4-11,16,19H,12-13H2,1-3H3. The normalized spacial score (nSPS) is 12.1. The SMILES string of the molecule is CNC(CSc1cccc(C)c1)Cc1ccccc1OC. The van der Waals surface area contributed by atoms with Crippen LogP contribution < -0.4 is 10.1 Å². The van der Waals surface area contributed by atoms with Gasteiger partial charge in [-0.05, 0) is 44.2 Å². The Bertz CT molecular complexity index is 571. The van der Waals surface area contributed by atoms with Crippen molar-refractivity contribution in [3.8, 4) is 5.75 Å². The molecule has 0 saturated carbocycles. The van der Waals surface area contributed by atoms with Crippen LogP contribution in [-0.4, -0.2) is 26.0 Å². The molecule has 1 unspecified atom stereocenters. The summed E-state index contributed by atoms with van der Waals surface area (Å²) in [6, 6.07) is 17.3. The summed E-state index contributed by atoms with van der Waals surface area (Å²) in [5.74, 6) is 2.01. The van der Waals surface area contributed by atoms with Gasteiger partial charge in [0.2, 0.25) is 0 Å². The number of thioether (sulfide) groups is 1. The van der Waals surface area contributed by atoms with Crippen molar-refractivity contribution < 1.29 is 4.74 Å². The van der Waals surface area contributed by atoms with E-state index in [0.29, 0.717) is 6.04 Å². The molecular weight excluding hydrogens is 278 g/mol. The van der Waals surface area contributed by atoms with Gasteiger partial charge in [-0.2, -0.15) is 0 Å². The molecule has 0 fully saturated rings. The first kappa shape index (κ1) is 15.9. The van der Waals surface area contributed by atoms with Crippen LogP contribution in [-0.2, 0) is 6.42 Å². The molecule has 112 valence electrons. The van der Waals surface area contributed by atoms with Gasteiger partial charge in [0, 0.05) is 16.7 Å². The Morgan fingerprint density at radius 3 is 2.67 bits per heavy atom. The number of ether oxygens (including phenoxy) is 1. The van der Waals surface area contributed by atoms with Crippen molar-refractivity contribution in [2.45, 2.75) is 24.3 Å². The van der Waals surface area contributed by atoms with Crippen molar-refractivity contribution >= 4 is 11.8 Å². The molecule has 0 amide bonds. The topological polar surface area (TPSA) is 21.3 Å². The molecule has 0 aliphatic rings. The van der Waals surface area contributed by atoms with E-state index < -0.39 is 0 Å². The Kier molecular flexibility index (Phi) is 6.15. The molecule has 2 aromatic rings. The molecule has 0 spiro atoms. The van der Waals surface area contributed by atoms with E-state index in [0.717, 1.165) is 17.9 Å². The van der Waals surface area contributed by atoms with Gasteiger partial charge in [0.25, 0.3) is 0 Å². The number of aryl methyl sites for hydroxylation is 1. The van der Waals surface area contributed by atoms with Crippen molar-refractivity contribution in [1.82, 2.24) is 5.32 Å². The van der Waals surface area contributed by atoms with Gasteiger partial charge in [-0.1, -0.05) is 35.9 Å². The first-order valence-corrected chi connectivity index (χ1v) is 8.20. The Hall–Kier alpha value is -1.45. The molecule has 2 aromatic carbocycles. The second kappa shape index (κ2) is 8.11. The quantitative estimate of drug-likeness (QED) is 0.783. The smallest absolute Gasteiger partial charge is 0.122 e. The van der Waals surface area contributed by atoms with E-state index in [1.165, 1.54) is 16.0 Å². The maximum atomic E-state index is 5.43. The molecule has 0 saturated heterocycles. The highest BCUT2D eigenvalue weighted by Gasteiger charge is 2.11. The van der Waals surface area contributed by atoms with E-state index in [-0.39, 0.29) is 0 Å². The minimum atomic E-state index is 0.423. The third kappa shape index (κ3) is 4.80. The van der Waals surface area contributed by atoms with Gasteiger partial charge in [0.15, 0.2) is 0 Å². The molecule has 3 heteroatoms. The van der Waals surface area contributed by atoms with E-state index in [9.17, 15) is 0 Å². The van der Waals surface area contributed by atoms with Crippen LogP contribution in [0.25, 0.3) is 0 Å². The first-order chi connectivity index (χ1) is 10.2. The highest BCUT2D eigenvalue weighted by molar-refractivity contribution is 7.99. The third-order valence-electron chi connectivity index (χ3n) is 3.51. The zero-order valence-corrected chi connectivity index (χ0v) is 13.7. The zero-order valence-electron chi connectivity index (χ0n) is 12.9. The van der Waals surface area contributed by atoms with Gasteiger partial charge in [0.05, 0.1) is 7.11 Å². The highest BCUT2D eigenvalue weighted by atomic mass is 32.2. The van der Waals surface area contributed by atoms with Crippen LogP contribution >= 0.6 is 11.8 Å². The van der Waals surface area contributed by atoms with Crippen molar-refractivity contribution in [3.05, 3.63) is 59.7 Å². The average molecular weight is 301 g/mol. The average Bonchev–Trinajstić information content (AvgIpc) is 2.52. The number of benzene rings is 2. The molecular formula is C18H23NOS. The summed E-state index contributed by atoms with van der Waals surface area (Å²) in [5.41, 5.74) is 2.56. The number of hydrogen-bond acceptors (Lipinski definition) is 3. The lowest BCUT2D eigenvalue weighted by Crippen LogP contribution is -2.30. The minimum absolute atomic E-state index is 0.423. The molecule has 0 radical (unpaired) electrons. The van der Waals surface area contributed by atoms with Gasteiger partial charge in [0.1, 0.15) is 5.75 Å². The molecule has 0 heterocycles. The number of para-hydroxylation sites is 1. The van der Waals surface area contributed by atoms with Gasteiger partial charge in [-0.15, -0.1) is 11.8 Å². The number of likely N-dealkylation sites (N-methyl/N-ethyl adjacent to an activating group) is 1. The predicted octanol–water partition coefficient (Wildman–Crippen LogP) is 3.93. The van der Waals surface area contributed by atoms with Crippen LogP contribution in [0.5, 0.6) is 5.75 Å². The molecule has 1 N–H and O–H groups in total. The van der Waals surface area contributed by atoms with Gasteiger partial charge >= 0.3 is 0 Å². The first-order valence-electron chi connectivity index (χ1n) is 7.21. The maximum Gasteiger partial charge on any atom is 0.122 e. The van der Waals surface area contributed by atoms with Gasteiger partial charge < -0.3 is 10.1 Å². The predicted molar refractivity (Wildman–Crippen MR) is 91.4 cm³/mol. The Balaban J connectivity index is 1.97. The molecule has 2 nitrogen and oxygen atoms in total. The largest absolute Gasteiger partial charge is 0.496 e. The van der Waals surface area contributed by atoms with Gasteiger partial charge in [-0.3, -0.25) is 0 Å². The monoisotopic (exact) mass is 301 g/mol. The Morgan fingerprint density at radius 2 is 1.95 bits per heavy atom. The number of hydrogen-bond donors (Lipinski definition) is 1. The van der Waals surface area contributed by atoms with E-state index in [2.05, 4.69) is 48.6 Å². The highest BCUT2D eigenvalue weighted by Crippen LogP contribution is 2.23. The second-order valence-electron chi connectivity index (χ2n) is 5.13. The van der Waals surface area contributed by atoms with Gasteiger partial charge in [-0.25, -0.2) is 0 Å². The lowest BCUT2D eigenvalue weighted by molar-refractivity contribution is 0.407. The summed E-state index contributed by atoms with van der Waals surface area (Å²) < 4.78 is 5.43. The van der Waals surface area contributed by atoms with Crippen LogP contribution in [0.3, 0.4) is 0 Å². The van der Waals surface area contributed by atoms with Crippen LogP contribution in [0.2, 0.25) is 0 Å². The van der Waals surface area contributed by atoms with Crippen LogP contribution in [0.15, 0.2) is 53.4 Å². The lowest BCUT2D eigenvalue weighted by Gasteiger charge is -2.17. The Labute approximate surface area is 131 Å². The Morgan fingerprint density at radius 1 is 1.14 bits per heavy atom. The second-order valence-corrected chi connectivity index (χ2v) is 6.22. The fraction of sp³-hybridized carbons (Fsp3) is 0.333.